The molecule has 92 valence electrons. The van der Waals surface area contributed by atoms with Gasteiger partial charge in [-0.3, -0.25) is 0 Å². The Bertz CT molecular complexity index is 577. The van der Waals surface area contributed by atoms with Crippen LogP contribution in [0.1, 0.15) is 22.6 Å². The van der Waals surface area contributed by atoms with Gasteiger partial charge in [-0.25, -0.2) is 0 Å². The van der Waals surface area contributed by atoms with Gasteiger partial charge >= 0.3 is 0 Å². The lowest BCUT2D eigenvalue weighted by Crippen LogP contribution is -2.23. The third-order valence-electron chi connectivity index (χ3n) is 3.57. The molecule has 2 aromatic carbocycles. The van der Waals surface area contributed by atoms with Crippen LogP contribution in [0.2, 0.25) is 0 Å². The summed E-state index contributed by atoms with van der Waals surface area (Å²) in [7, 11) is 0. The molecule has 1 unspecified atom stereocenters. The second-order valence-electron chi connectivity index (χ2n) is 4.95. The van der Waals surface area contributed by atoms with Crippen molar-refractivity contribution in [2.75, 3.05) is 12.3 Å². The molecule has 2 N–H and O–H groups in total. The molecule has 0 aromatic heterocycles. The molecule has 18 heavy (non-hydrogen) atoms. The first-order valence-corrected chi connectivity index (χ1v) is 6.31. The highest BCUT2D eigenvalue weighted by Crippen LogP contribution is 2.35. The van der Waals surface area contributed by atoms with E-state index in [4.69, 9.17) is 10.5 Å². The number of ether oxygens (including phenoxy) is 1. The van der Waals surface area contributed by atoms with Crippen molar-refractivity contribution in [3.63, 3.8) is 0 Å². The van der Waals surface area contributed by atoms with Gasteiger partial charge < -0.3 is 10.5 Å². The molecule has 0 radical (unpaired) electrons. The van der Waals surface area contributed by atoms with Crippen molar-refractivity contribution in [2.45, 2.75) is 19.3 Å². The van der Waals surface area contributed by atoms with Crippen molar-refractivity contribution in [1.29, 1.82) is 0 Å². The zero-order valence-electron chi connectivity index (χ0n) is 10.5. The van der Waals surface area contributed by atoms with E-state index in [-0.39, 0.29) is 0 Å². The summed E-state index contributed by atoms with van der Waals surface area (Å²) in [5.41, 5.74) is 10.7. The number of nitrogens with two attached hydrogens (primary N) is 1. The van der Waals surface area contributed by atoms with Crippen LogP contribution in [-0.4, -0.2) is 6.61 Å². The number of aryl methyl sites for hydroxylation is 1. The SMILES string of the molecule is Cc1ccc(OCC2Cc3ccccc32)c(N)c1. The van der Waals surface area contributed by atoms with Crippen LogP contribution in [0.5, 0.6) is 5.75 Å². The molecule has 0 saturated carbocycles. The monoisotopic (exact) mass is 239 g/mol. The van der Waals surface area contributed by atoms with Crippen LogP contribution in [0.15, 0.2) is 42.5 Å². The maximum Gasteiger partial charge on any atom is 0.142 e. The summed E-state index contributed by atoms with van der Waals surface area (Å²) in [6.45, 7) is 2.74. The summed E-state index contributed by atoms with van der Waals surface area (Å²) in [6, 6.07) is 14.5. The normalized spacial score (nSPS) is 16.8. The van der Waals surface area contributed by atoms with E-state index < -0.39 is 0 Å². The molecule has 1 atom stereocenters. The second-order valence-corrected chi connectivity index (χ2v) is 4.95. The molecule has 3 rings (SSSR count). The lowest BCUT2D eigenvalue weighted by molar-refractivity contribution is 0.276. The number of fused-ring (bicyclic) bond motifs is 1. The van der Waals surface area contributed by atoms with Gasteiger partial charge in [-0.1, -0.05) is 30.3 Å². The van der Waals surface area contributed by atoms with Gasteiger partial charge in [-0.05, 0) is 42.2 Å². The Kier molecular flexibility index (Phi) is 2.71. The quantitative estimate of drug-likeness (QED) is 0.834. The first-order valence-electron chi connectivity index (χ1n) is 6.31. The fourth-order valence-electron chi connectivity index (χ4n) is 2.50. The van der Waals surface area contributed by atoms with Crippen LogP contribution in [0.4, 0.5) is 5.69 Å². The van der Waals surface area contributed by atoms with Crippen LogP contribution in [0, 0.1) is 6.92 Å². The number of anilines is 1. The minimum atomic E-state index is 0.516. The Morgan fingerprint density at radius 3 is 2.83 bits per heavy atom. The minimum absolute atomic E-state index is 0.516. The molecule has 2 heteroatoms. The number of rotatable bonds is 3. The standard InChI is InChI=1S/C16H17NO/c1-11-6-7-16(15(17)8-11)18-10-13-9-12-4-2-3-5-14(12)13/h2-8,13H,9-10,17H2,1H3. The Morgan fingerprint density at radius 1 is 1.22 bits per heavy atom. The third-order valence-corrected chi connectivity index (χ3v) is 3.57. The molecular formula is C16H17NO. The molecule has 2 nitrogen and oxygen atoms in total. The Balaban J connectivity index is 1.66. The largest absolute Gasteiger partial charge is 0.491 e. The topological polar surface area (TPSA) is 35.2 Å². The Morgan fingerprint density at radius 2 is 2.06 bits per heavy atom. The lowest BCUT2D eigenvalue weighted by Gasteiger charge is -2.30. The smallest absolute Gasteiger partial charge is 0.142 e. The maximum absolute atomic E-state index is 5.94. The van der Waals surface area contributed by atoms with Gasteiger partial charge in [0.05, 0.1) is 12.3 Å². The summed E-state index contributed by atoms with van der Waals surface area (Å²) < 4.78 is 5.83. The van der Waals surface area contributed by atoms with E-state index >= 15 is 0 Å². The van der Waals surface area contributed by atoms with E-state index in [0.717, 1.165) is 23.4 Å². The molecule has 0 aliphatic heterocycles. The van der Waals surface area contributed by atoms with E-state index in [1.807, 2.05) is 25.1 Å². The van der Waals surface area contributed by atoms with Crippen molar-refractivity contribution in [3.05, 3.63) is 59.2 Å². The zero-order chi connectivity index (χ0) is 12.5. The average Bonchev–Trinajstić information content (AvgIpc) is 2.33. The molecule has 0 saturated heterocycles. The number of benzene rings is 2. The predicted molar refractivity (Wildman–Crippen MR) is 74.0 cm³/mol. The second kappa shape index (κ2) is 4.37. The summed E-state index contributed by atoms with van der Waals surface area (Å²) >= 11 is 0. The summed E-state index contributed by atoms with van der Waals surface area (Å²) in [5.74, 6) is 1.31. The van der Waals surface area contributed by atoms with E-state index in [0.29, 0.717) is 12.5 Å². The zero-order valence-corrected chi connectivity index (χ0v) is 10.5. The maximum atomic E-state index is 5.94. The van der Waals surface area contributed by atoms with Crippen LogP contribution in [-0.2, 0) is 6.42 Å². The fourth-order valence-corrected chi connectivity index (χ4v) is 2.50. The van der Waals surface area contributed by atoms with Crippen molar-refractivity contribution in [1.82, 2.24) is 0 Å². The van der Waals surface area contributed by atoms with Gasteiger partial charge in [-0.15, -0.1) is 0 Å². The molecule has 0 heterocycles. The van der Waals surface area contributed by atoms with E-state index in [2.05, 4.69) is 24.3 Å². The van der Waals surface area contributed by atoms with Gasteiger partial charge in [-0.2, -0.15) is 0 Å². The van der Waals surface area contributed by atoms with Gasteiger partial charge in [0, 0.05) is 5.92 Å². The van der Waals surface area contributed by atoms with Gasteiger partial charge in [0.1, 0.15) is 5.75 Å². The van der Waals surface area contributed by atoms with Gasteiger partial charge in [0.2, 0.25) is 0 Å². The van der Waals surface area contributed by atoms with Crippen LogP contribution >= 0.6 is 0 Å². The highest BCUT2D eigenvalue weighted by Gasteiger charge is 2.25. The van der Waals surface area contributed by atoms with Crippen molar-refractivity contribution >= 4 is 5.69 Å². The highest BCUT2D eigenvalue weighted by atomic mass is 16.5. The van der Waals surface area contributed by atoms with E-state index in [9.17, 15) is 0 Å². The van der Waals surface area contributed by atoms with Crippen LogP contribution in [0.3, 0.4) is 0 Å². The molecule has 1 aliphatic carbocycles. The predicted octanol–water partition coefficient (Wildman–Crippen LogP) is 3.30. The molecule has 0 fully saturated rings. The van der Waals surface area contributed by atoms with Crippen molar-refractivity contribution < 1.29 is 4.74 Å². The molecule has 2 aromatic rings. The average molecular weight is 239 g/mol. The third kappa shape index (κ3) is 1.94. The Labute approximate surface area is 107 Å². The van der Waals surface area contributed by atoms with Crippen LogP contribution in [0.25, 0.3) is 0 Å². The van der Waals surface area contributed by atoms with E-state index in [1.54, 1.807) is 0 Å². The van der Waals surface area contributed by atoms with Gasteiger partial charge in [0.15, 0.2) is 0 Å². The summed E-state index contributed by atoms with van der Waals surface area (Å²) in [6.07, 6.45) is 1.11. The first kappa shape index (κ1) is 11.1. The van der Waals surface area contributed by atoms with Crippen molar-refractivity contribution in [3.8, 4) is 5.75 Å². The van der Waals surface area contributed by atoms with E-state index in [1.165, 1.54) is 11.1 Å². The summed E-state index contributed by atoms with van der Waals surface area (Å²) in [4.78, 5) is 0. The molecule has 0 bridgehead atoms. The Hall–Kier alpha value is -1.96. The lowest BCUT2D eigenvalue weighted by atomic mass is 9.78. The number of nitrogen functional groups attached to an aromatic ring is 1. The number of hydrogen-bond donors (Lipinski definition) is 1. The number of hydrogen-bond acceptors (Lipinski definition) is 2. The van der Waals surface area contributed by atoms with Gasteiger partial charge in [0.25, 0.3) is 0 Å². The minimum Gasteiger partial charge on any atom is -0.491 e. The van der Waals surface area contributed by atoms with Crippen molar-refractivity contribution in [2.24, 2.45) is 0 Å². The highest BCUT2D eigenvalue weighted by molar-refractivity contribution is 5.54. The first-order chi connectivity index (χ1) is 8.74. The van der Waals surface area contributed by atoms with Crippen LogP contribution < -0.4 is 10.5 Å². The summed E-state index contributed by atoms with van der Waals surface area (Å²) in [5, 5.41) is 0. The molecule has 0 amide bonds. The molecular weight excluding hydrogens is 222 g/mol. The molecule has 0 spiro atoms. The fraction of sp³-hybridized carbons (Fsp3) is 0.250. The molecule has 1 aliphatic rings.